The molecule has 0 aliphatic carbocycles. The van der Waals surface area contributed by atoms with Gasteiger partial charge in [0.25, 0.3) is 0 Å². The van der Waals surface area contributed by atoms with Gasteiger partial charge in [0.15, 0.2) is 5.84 Å². The van der Waals surface area contributed by atoms with Gasteiger partial charge in [0.1, 0.15) is 12.4 Å². The molecule has 0 unspecified atom stereocenters. The molecular formula is C21H22N4O4S. The second kappa shape index (κ2) is 9.38. The first kappa shape index (κ1) is 21.3. The number of nitrogens with zero attached hydrogens (tertiary/aromatic N) is 3. The molecule has 0 amide bonds. The van der Waals surface area contributed by atoms with Crippen LogP contribution in [0, 0.1) is 0 Å². The van der Waals surface area contributed by atoms with Crippen molar-refractivity contribution in [2.75, 3.05) is 14.1 Å². The van der Waals surface area contributed by atoms with Crippen LogP contribution in [0.1, 0.15) is 11.1 Å². The molecule has 0 aliphatic rings. The second-order valence-corrected chi connectivity index (χ2v) is 8.64. The van der Waals surface area contributed by atoms with E-state index < -0.39 is 10.0 Å². The van der Waals surface area contributed by atoms with Crippen LogP contribution in [0.15, 0.2) is 83.0 Å². The Morgan fingerprint density at radius 2 is 1.83 bits per heavy atom. The minimum absolute atomic E-state index is 0.0696. The highest BCUT2D eigenvalue weighted by atomic mass is 32.2. The number of sulfonamides is 1. The van der Waals surface area contributed by atoms with Crippen LogP contribution in [-0.2, 0) is 21.5 Å². The minimum atomic E-state index is -3.51. The summed E-state index contributed by atoms with van der Waals surface area (Å²) in [6.45, 7) is 0.0696. The highest BCUT2D eigenvalue weighted by Crippen LogP contribution is 2.19. The number of ether oxygens (including phenoxy) is 1. The lowest BCUT2D eigenvalue weighted by molar-refractivity contribution is 0.130. The molecule has 2 aromatic carbocycles. The summed E-state index contributed by atoms with van der Waals surface area (Å²) >= 11 is 0. The van der Waals surface area contributed by atoms with Crippen molar-refractivity contribution in [2.24, 2.45) is 10.9 Å². The fourth-order valence-electron chi connectivity index (χ4n) is 2.44. The lowest BCUT2D eigenvalue weighted by Crippen LogP contribution is -2.22. The van der Waals surface area contributed by atoms with Crippen molar-refractivity contribution >= 4 is 15.9 Å². The van der Waals surface area contributed by atoms with Crippen LogP contribution >= 0.6 is 0 Å². The van der Waals surface area contributed by atoms with E-state index in [0.717, 1.165) is 4.31 Å². The smallest absolute Gasteiger partial charge is 0.242 e. The molecule has 3 rings (SSSR count). The first-order chi connectivity index (χ1) is 14.4. The van der Waals surface area contributed by atoms with Crippen LogP contribution in [0.5, 0.6) is 11.6 Å². The number of amidine groups is 1. The van der Waals surface area contributed by atoms with Gasteiger partial charge in [-0.05, 0) is 35.9 Å². The van der Waals surface area contributed by atoms with E-state index in [1.165, 1.54) is 32.4 Å². The third-order valence-corrected chi connectivity index (χ3v) is 5.88. The third-order valence-electron chi connectivity index (χ3n) is 4.07. The average molecular weight is 426 g/mol. The van der Waals surface area contributed by atoms with Crippen LogP contribution in [0.2, 0.25) is 0 Å². The van der Waals surface area contributed by atoms with Gasteiger partial charge in [-0.15, -0.1) is 0 Å². The van der Waals surface area contributed by atoms with Crippen LogP contribution in [0.25, 0.3) is 0 Å². The van der Waals surface area contributed by atoms with Gasteiger partial charge in [-0.1, -0.05) is 35.5 Å². The molecule has 0 saturated heterocycles. The van der Waals surface area contributed by atoms with Crippen LogP contribution in [-0.4, -0.2) is 37.6 Å². The van der Waals surface area contributed by atoms with E-state index in [0.29, 0.717) is 22.8 Å². The van der Waals surface area contributed by atoms with E-state index in [2.05, 4.69) is 10.1 Å². The molecule has 8 nitrogen and oxygen atoms in total. The Kier molecular flexibility index (Phi) is 6.65. The van der Waals surface area contributed by atoms with Crippen molar-refractivity contribution in [3.05, 3.63) is 84.1 Å². The molecule has 0 atom stereocenters. The predicted octanol–water partition coefficient (Wildman–Crippen LogP) is 2.96. The predicted molar refractivity (Wildman–Crippen MR) is 114 cm³/mol. The maximum atomic E-state index is 12.2. The number of oxime groups is 1. The van der Waals surface area contributed by atoms with Crippen molar-refractivity contribution in [3.8, 4) is 11.6 Å². The second-order valence-electron chi connectivity index (χ2n) is 6.49. The number of para-hydroxylation sites is 1. The van der Waals surface area contributed by atoms with Crippen LogP contribution in [0.4, 0.5) is 0 Å². The molecule has 2 N–H and O–H groups in total. The van der Waals surface area contributed by atoms with Crippen LogP contribution < -0.4 is 10.5 Å². The quantitative estimate of drug-likeness (QED) is 0.337. The van der Waals surface area contributed by atoms with Gasteiger partial charge in [0.05, 0.1) is 4.90 Å². The Labute approximate surface area is 175 Å². The molecule has 0 fully saturated rings. The van der Waals surface area contributed by atoms with E-state index in [1.807, 2.05) is 30.3 Å². The molecule has 0 radical (unpaired) electrons. The minimum Gasteiger partial charge on any atom is -0.439 e. The molecule has 156 valence electrons. The summed E-state index contributed by atoms with van der Waals surface area (Å²) in [5.41, 5.74) is 7.16. The highest BCUT2D eigenvalue weighted by Gasteiger charge is 2.17. The number of rotatable bonds is 8. The van der Waals surface area contributed by atoms with E-state index in [9.17, 15) is 8.42 Å². The van der Waals surface area contributed by atoms with Gasteiger partial charge >= 0.3 is 0 Å². The fourth-order valence-corrected chi connectivity index (χ4v) is 3.41. The van der Waals surface area contributed by atoms with Crippen molar-refractivity contribution < 1.29 is 18.0 Å². The van der Waals surface area contributed by atoms with E-state index in [4.69, 9.17) is 15.3 Å². The van der Waals surface area contributed by atoms with Gasteiger partial charge in [0.2, 0.25) is 15.9 Å². The molecule has 30 heavy (non-hydrogen) atoms. The maximum Gasteiger partial charge on any atom is 0.242 e. The first-order valence-corrected chi connectivity index (χ1v) is 10.5. The summed E-state index contributed by atoms with van der Waals surface area (Å²) < 4.78 is 31.2. The molecule has 1 aromatic heterocycles. The Morgan fingerprint density at radius 3 is 2.50 bits per heavy atom. The van der Waals surface area contributed by atoms with E-state index in [1.54, 1.807) is 24.3 Å². The molecule has 3 aromatic rings. The normalized spacial score (nSPS) is 12.0. The summed E-state index contributed by atoms with van der Waals surface area (Å²) in [5, 5.41) is 3.88. The number of pyridine rings is 1. The zero-order chi connectivity index (χ0) is 21.6. The van der Waals surface area contributed by atoms with Gasteiger partial charge < -0.3 is 15.3 Å². The van der Waals surface area contributed by atoms with Gasteiger partial charge in [0, 0.05) is 31.9 Å². The Balaban J connectivity index is 1.62. The Bertz CT molecular complexity index is 1120. The zero-order valence-corrected chi connectivity index (χ0v) is 17.4. The van der Waals surface area contributed by atoms with Gasteiger partial charge in [-0.3, -0.25) is 0 Å². The molecule has 0 aliphatic heterocycles. The van der Waals surface area contributed by atoms with Crippen molar-refractivity contribution in [1.29, 1.82) is 0 Å². The maximum absolute atomic E-state index is 12.2. The number of nitrogens with two attached hydrogens (primary N) is 1. The van der Waals surface area contributed by atoms with Crippen molar-refractivity contribution in [3.63, 3.8) is 0 Å². The summed E-state index contributed by atoms with van der Waals surface area (Å²) in [4.78, 5) is 9.68. The first-order valence-electron chi connectivity index (χ1n) is 9.02. The topological polar surface area (TPSA) is 107 Å². The molecule has 0 spiro atoms. The monoisotopic (exact) mass is 426 g/mol. The summed E-state index contributed by atoms with van der Waals surface area (Å²) in [6.07, 6.45) is 1.53. The van der Waals surface area contributed by atoms with E-state index >= 15 is 0 Å². The van der Waals surface area contributed by atoms with Gasteiger partial charge in [-0.2, -0.15) is 0 Å². The summed E-state index contributed by atoms with van der Waals surface area (Å²) in [6, 6.07) is 19.2. The van der Waals surface area contributed by atoms with Gasteiger partial charge in [-0.25, -0.2) is 17.7 Å². The molecular weight excluding hydrogens is 404 g/mol. The molecule has 9 heteroatoms. The third kappa shape index (κ3) is 5.34. The SMILES string of the molecule is CN(C)S(=O)(=O)c1cccc(CO/N=C(/N)c2ccc(Oc3ccccc3)nc2)c1. The van der Waals surface area contributed by atoms with Crippen molar-refractivity contribution in [1.82, 2.24) is 9.29 Å². The van der Waals surface area contributed by atoms with Crippen molar-refractivity contribution in [2.45, 2.75) is 11.5 Å². The lowest BCUT2D eigenvalue weighted by Gasteiger charge is -2.12. The molecule has 1 heterocycles. The number of hydrogen-bond acceptors (Lipinski definition) is 6. The Morgan fingerprint density at radius 1 is 1.07 bits per heavy atom. The standard InChI is InChI=1S/C21H22N4O4S/c1-25(2)30(26,27)19-10-6-7-16(13-19)15-28-24-21(22)17-11-12-20(23-14-17)29-18-8-4-3-5-9-18/h3-14H,15H2,1-2H3,(H2,22,24). The average Bonchev–Trinajstić information content (AvgIpc) is 2.75. The van der Waals surface area contributed by atoms with Crippen LogP contribution in [0.3, 0.4) is 0 Å². The molecule has 0 saturated carbocycles. The highest BCUT2D eigenvalue weighted by molar-refractivity contribution is 7.89. The fraction of sp³-hybridized carbons (Fsp3) is 0.143. The molecule has 0 bridgehead atoms. The zero-order valence-electron chi connectivity index (χ0n) is 16.6. The summed E-state index contributed by atoms with van der Waals surface area (Å²) in [7, 11) is -0.554. The number of hydrogen-bond donors (Lipinski definition) is 1. The van der Waals surface area contributed by atoms with E-state index in [-0.39, 0.29) is 17.3 Å². The lowest BCUT2D eigenvalue weighted by atomic mass is 10.2. The summed E-state index contributed by atoms with van der Waals surface area (Å²) in [5.74, 6) is 1.25. The number of aromatic nitrogens is 1. The largest absolute Gasteiger partial charge is 0.439 e. The number of benzene rings is 2. The Hall–Kier alpha value is -3.43.